The first-order valence-corrected chi connectivity index (χ1v) is 12.9. The molecule has 38 heavy (non-hydrogen) atoms. The first kappa shape index (κ1) is 26.5. The van der Waals surface area contributed by atoms with Crippen molar-refractivity contribution in [1.29, 1.82) is 0 Å². The van der Waals surface area contributed by atoms with Crippen molar-refractivity contribution in [1.82, 2.24) is 24.6 Å². The Bertz CT molecular complexity index is 1270. The number of benzene rings is 1. The predicted octanol–water partition coefficient (Wildman–Crippen LogP) is 5.46. The fourth-order valence-electron chi connectivity index (χ4n) is 5.87. The van der Waals surface area contributed by atoms with Crippen molar-refractivity contribution in [2.24, 2.45) is 0 Å². The normalized spacial score (nSPS) is 20.4. The Balaban J connectivity index is 0.00000294. The van der Waals surface area contributed by atoms with Gasteiger partial charge in [0.1, 0.15) is 5.82 Å². The number of hydrogen-bond acceptors (Lipinski definition) is 5. The molecule has 1 amide bonds. The van der Waals surface area contributed by atoms with Crippen LogP contribution in [0.4, 0.5) is 19.0 Å². The van der Waals surface area contributed by atoms with Gasteiger partial charge in [-0.1, -0.05) is 18.2 Å². The minimum atomic E-state index is -4.41. The van der Waals surface area contributed by atoms with Crippen molar-refractivity contribution >= 4 is 24.1 Å². The lowest BCUT2D eigenvalue weighted by molar-refractivity contribution is -0.138. The minimum Gasteiger partial charge on any atom is -0.355 e. The molecule has 0 bridgehead atoms. The van der Waals surface area contributed by atoms with Gasteiger partial charge < -0.3 is 9.80 Å². The van der Waals surface area contributed by atoms with E-state index < -0.39 is 11.7 Å². The second-order valence-corrected chi connectivity index (χ2v) is 10.3. The number of carbonyl (C=O) groups excluding carboxylic acids is 1. The van der Waals surface area contributed by atoms with Gasteiger partial charge >= 0.3 is 6.18 Å². The molecule has 3 aromatic rings. The topological polar surface area (TPSA) is 67.2 Å². The highest BCUT2D eigenvalue weighted by Crippen LogP contribution is 2.44. The van der Waals surface area contributed by atoms with Gasteiger partial charge in [0, 0.05) is 50.4 Å². The van der Waals surface area contributed by atoms with E-state index in [0.29, 0.717) is 24.4 Å². The molecule has 11 heteroatoms. The van der Waals surface area contributed by atoms with Crippen LogP contribution in [0.1, 0.15) is 77.2 Å². The molecule has 202 valence electrons. The van der Waals surface area contributed by atoms with Crippen molar-refractivity contribution in [2.75, 3.05) is 31.1 Å². The molecule has 1 saturated carbocycles. The van der Waals surface area contributed by atoms with E-state index in [0.717, 1.165) is 56.4 Å². The smallest absolute Gasteiger partial charge is 0.355 e. The lowest BCUT2D eigenvalue weighted by Gasteiger charge is -2.33. The summed E-state index contributed by atoms with van der Waals surface area (Å²) in [4.78, 5) is 26.1. The molecule has 4 heterocycles. The quantitative estimate of drug-likeness (QED) is 0.425. The zero-order chi connectivity index (χ0) is 25.6. The number of rotatable bonds is 5. The summed E-state index contributed by atoms with van der Waals surface area (Å²) in [6.07, 6.45) is 6.79. The van der Waals surface area contributed by atoms with Gasteiger partial charge in [0.2, 0.25) is 0 Å². The molecular formula is C27H30ClF3N6O. The number of piperidine rings is 1. The van der Waals surface area contributed by atoms with Gasteiger partial charge in [0.15, 0.2) is 0 Å². The van der Waals surface area contributed by atoms with E-state index in [1.54, 1.807) is 41.8 Å². The van der Waals surface area contributed by atoms with Crippen molar-refractivity contribution in [3.8, 4) is 0 Å². The largest absolute Gasteiger partial charge is 0.416 e. The molecule has 2 aliphatic heterocycles. The van der Waals surface area contributed by atoms with E-state index in [4.69, 9.17) is 0 Å². The maximum Gasteiger partial charge on any atom is 0.416 e. The molecule has 1 atom stereocenters. The maximum atomic E-state index is 13.6. The third kappa shape index (κ3) is 5.10. The summed E-state index contributed by atoms with van der Waals surface area (Å²) < 4.78 is 42.8. The molecule has 0 radical (unpaired) electrons. The molecule has 0 unspecified atom stereocenters. The fourth-order valence-corrected chi connectivity index (χ4v) is 5.87. The lowest BCUT2D eigenvalue weighted by Crippen LogP contribution is -2.36. The standard InChI is InChI=1S/C27H29F3N6O.ClH/c28-27(29,30)23-4-2-1-3-21(23)19-7-12-35(17-19)26(37)22-15-33-36(25(22)18-5-6-18)20-8-13-34(14-9-20)24-16-31-10-11-32-24;/h1-4,10-11,15-16,18-20H,5-9,12-14,17H2;1H/t19-;/m1./s1. The number of hydrogen-bond donors (Lipinski definition) is 0. The molecule has 7 nitrogen and oxygen atoms in total. The second kappa shape index (κ2) is 10.6. The highest BCUT2D eigenvalue weighted by Gasteiger charge is 2.40. The second-order valence-electron chi connectivity index (χ2n) is 10.3. The van der Waals surface area contributed by atoms with Crippen LogP contribution in [0.2, 0.25) is 0 Å². The van der Waals surface area contributed by atoms with Gasteiger partial charge in [0.25, 0.3) is 5.91 Å². The third-order valence-electron chi connectivity index (χ3n) is 7.89. The molecule has 0 N–H and O–H groups in total. The molecule has 3 aliphatic rings. The Morgan fingerprint density at radius 2 is 1.68 bits per heavy atom. The van der Waals surface area contributed by atoms with Crippen molar-refractivity contribution < 1.29 is 18.0 Å². The summed E-state index contributed by atoms with van der Waals surface area (Å²) in [7, 11) is 0. The summed E-state index contributed by atoms with van der Waals surface area (Å²) in [6.45, 7) is 2.41. The van der Waals surface area contributed by atoms with E-state index in [2.05, 4.69) is 24.6 Å². The summed E-state index contributed by atoms with van der Waals surface area (Å²) in [5, 5.41) is 4.69. The Labute approximate surface area is 225 Å². The Morgan fingerprint density at radius 3 is 2.37 bits per heavy atom. The minimum absolute atomic E-state index is 0. The number of nitrogens with zero attached hydrogens (tertiary/aromatic N) is 6. The van der Waals surface area contributed by atoms with E-state index >= 15 is 0 Å². The average molecular weight is 547 g/mol. The lowest BCUT2D eigenvalue weighted by atomic mass is 9.93. The van der Waals surface area contributed by atoms with Crippen LogP contribution in [0, 0.1) is 0 Å². The molecular weight excluding hydrogens is 517 g/mol. The van der Waals surface area contributed by atoms with Crippen LogP contribution >= 0.6 is 12.4 Å². The molecule has 2 saturated heterocycles. The fraction of sp³-hybridized carbons (Fsp3) is 0.481. The van der Waals surface area contributed by atoms with E-state index in [9.17, 15) is 18.0 Å². The molecule has 1 aromatic carbocycles. The third-order valence-corrected chi connectivity index (χ3v) is 7.89. The van der Waals surface area contributed by atoms with Crippen molar-refractivity contribution in [3.05, 3.63) is 71.4 Å². The SMILES string of the molecule is Cl.O=C(c1cnn(C2CCN(c3cnccn3)CC2)c1C1CC1)N1CC[C@@H](c2ccccc2C(F)(F)F)C1. The van der Waals surface area contributed by atoms with Crippen LogP contribution in [0.25, 0.3) is 0 Å². The number of anilines is 1. The first-order chi connectivity index (χ1) is 17.9. The monoisotopic (exact) mass is 546 g/mol. The summed E-state index contributed by atoms with van der Waals surface area (Å²) in [6, 6.07) is 5.93. The summed E-state index contributed by atoms with van der Waals surface area (Å²) >= 11 is 0. The molecule has 6 rings (SSSR count). The number of amides is 1. The van der Waals surface area contributed by atoms with Gasteiger partial charge in [-0.25, -0.2) is 4.98 Å². The van der Waals surface area contributed by atoms with E-state index in [-0.39, 0.29) is 42.4 Å². The Kier molecular flexibility index (Phi) is 7.35. The zero-order valence-electron chi connectivity index (χ0n) is 20.8. The highest BCUT2D eigenvalue weighted by molar-refractivity contribution is 5.95. The van der Waals surface area contributed by atoms with Gasteiger partial charge in [-0.2, -0.15) is 18.3 Å². The highest BCUT2D eigenvalue weighted by atomic mass is 35.5. The summed E-state index contributed by atoms with van der Waals surface area (Å²) in [5.41, 5.74) is 1.29. The maximum absolute atomic E-state index is 13.6. The van der Waals surface area contributed by atoms with Gasteiger partial charge in [-0.15, -0.1) is 12.4 Å². The Hall–Kier alpha value is -3.14. The van der Waals surface area contributed by atoms with Crippen LogP contribution < -0.4 is 4.90 Å². The van der Waals surface area contributed by atoms with Crippen LogP contribution in [0.15, 0.2) is 49.1 Å². The van der Waals surface area contributed by atoms with Crippen molar-refractivity contribution in [2.45, 2.75) is 56.2 Å². The molecule has 3 fully saturated rings. The number of carbonyl (C=O) groups is 1. The van der Waals surface area contributed by atoms with Crippen LogP contribution in [0.5, 0.6) is 0 Å². The molecule has 1 aliphatic carbocycles. The van der Waals surface area contributed by atoms with Crippen LogP contribution in [-0.4, -0.2) is 56.7 Å². The van der Waals surface area contributed by atoms with Crippen molar-refractivity contribution in [3.63, 3.8) is 0 Å². The number of likely N-dealkylation sites (tertiary alicyclic amines) is 1. The molecule has 2 aromatic heterocycles. The number of aromatic nitrogens is 4. The average Bonchev–Trinajstić information content (AvgIpc) is 3.46. The summed E-state index contributed by atoms with van der Waals surface area (Å²) in [5.74, 6) is 0.753. The van der Waals surface area contributed by atoms with E-state index in [1.807, 2.05) is 0 Å². The van der Waals surface area contributed by atoms with Gasteiger partial charge in [-0.05, 0) is 43.7 Å². The zero-order valence-corrected chi connectivity index (χ0v) is 21.7. The molecule has 0 spiro atoms. The Morgan fingerprint density at radius 1 is 0.921 bits per heavy atom. The van der Waals surface area contributed by atoms with Crippen LogP contribution in [-0.2, 0) is 6.18 Å². The number of alkyl halides is 3. The predicted molar refractivity (Wildman–Crippen MR) is 139 cm³/mol. The van der Waals surface area contributed by atoms with E-state index in [1.165, 1.54) is 6.07 Å². The van der Waals surface area contributed by atoms with Crippen LogP contribution in [0.3, 0.4) is 0 Å². The van der Waals surface area contributed by atoms with Gasteiger partial charge in [0.05, 0.1) is 35.3 Å². The number of halogens is 4. The first-order valence-electron chi connectivity index (χ1n) is 12.9. The van der Waals surface area contributed by atoms with Gasteiger partial charge in [-0.3, -0.25) is 14.5 Å².